The normalized spacial score (nSPS) is 19.8. The number of hydrogen-bond donors (Lipinski definition) is 1. The maximum absolute atomic E-state index is 12.8. The molecule has 1 heterocycles. The van der Waals surface area contributed by atoms with Crippen molar-refractivity contribution in [3.63, 3.8) is 0 Å². The first kappa shape index (κ1) is 16.1. The SMILES string of the molecule is C[C@H](C(=O)N[C@H]1CCCc2ccccc21)n1nc2c(cc1=O)CCC2. The van der Waals surface area contributed by atoms with E-state index in [2.05, 4.69) is 22.5 Å². The largest absolute Gasteiger partial charge is 0.347 e. The monoisotopic (exact) mass is 337 g/mol. The second-order valence-corrected chi connectivity index (χ2v) is 7.08. The minimum Gasteiger partial charge on any atom is -0.347 e. The van der Waals surface area contributed by atoms with Gasteiger partial charge in [0.15, 0.2) is 0 Å². The number of aromatic nitrogens is 2. The van der Waals surface area contributed by atoms with Crippen molar-refractivity contribution in [3.05, 3.63) is 63.1 Å². The van der Waals surface area contributed by atoms with Crippen LogP contribution in [0.3, 0.4) is 0 Å². The van der Waals surface area contributed by atoms with E-state index in [9.17, 15) is 9.59 Å². The van der Waals surface area contributed by atoms with Gasteiger partial charge in [-0.15, -0.1) is 0 Å². The third kappa shape index (κ3) is 2.99. The lowest BCUT2D eigenvalue weighted by molar-refractivity contribution is -0.125. The number of hydrogen-bond acceptors (Lipinski definition) is 3. The molecule has 2 aromatic rings. The molecular weight excluding hydrogens is 314 g/mol. The summed E-state index contributed by atoms with van der Waals surface area (Å²) in [6.45, 7) is 1.75. The van der Waals surface area contributed by atoms with E-state index in [0.717, 1.165) is 49.8 Å². The molecule has 5 heteroatoms. The zero-order valence-electron chi connectivity index (χ0n) is 14.5. The molecule has 25 heavy (non-hydrogen) atoms. The highest BCUT2D eigenvalue weighted by Gasteiger charge is 2.26. The van der Waals surface area contributed by atoms with Crippen LogP contribution >= 0.6 is 0 Å². The predicted molar refractivity (Wildman–Crippen MR) is 95.5 cm³/mol. The van der Waals surface area contributed by atoms with Crippen LogP contribution in [0.5, 0.6) is 0 Å². The molecule has 0 aliphatic heterocycles. The van der Waals surface area contributed by atoms with Gasteiger partial charge in [-0.1, -0.05) is 24.3 Å². The molecule has 1 N–H and O–H groups in total. The number of fused-ring (bicyclic) bond motifs is 2. The third-order valence-electron chi connectivity index (χ3n) is 5.41. The van der Waals surface area contributed by atoms with Crippen LogP contribution in [0.25, 0.3) is 0 Å². The summed E-state index contributed by atoms with van der Waals surface area (Å²) < 4.78 is 1.34. The van der Waals surface area contributed by atoms with Crippen LogP contribution in [0.2, 0.25) is 0 Å². The van der Waals surface area contributed by atoms with Gasteiger partial charge in [-0.2, -0.15) is 5.10 Å². The first-order valence-electron chi connectivity index (χ1n) is 9.13. The van der Waals surface area contributed by atoms with Crippen molar-refractivity contribution in [3.8, 4) is 0 Å². The maximum atomic E-state index is 12.8. The van der Waals surface area contributed by atoms with Crippen molar-refractivity contribution in [2.24, 2.45) is 0 Å². The summed E-state index contributed by atoms with van der Waals surface area (Å²) >= 11 is 0. The van der Waals surface area contributed by atoms with Crippen molar-refractivity contribution < 1.29 is 4.79 Å². The summed E-state index contributed by atoms with van der Waals surface area (Å²) in [6, 6.07) is 9.33. The van der Waals surface area contributed by atoms with Gasteiger partial charge in [0.25, 0.3) is 5.56 Å². The lowest BCUT2D eigenvalue weighted by atomic mass is 9.87. The fourth-order valence-electron chi connectivity index (χ4n) is 4.00. The second-order valence-electron chi connectivity index (χ2n) is 7.08. The first-order valence-corrected chi connectivity index (χ1v) is 9.13. The zero-order chi connectivity index (χ0) is 17.4. The Labute approximate surface area is 147 Å². The lowest BCUT2D eigenvalue weighted by Gasteiger charge is -2.27. The number of nitrogens with one attached hydrogen (secondary N) is 1. The van der Waals surface area contributed by atoms with Crippen LogP contribution in [-0.2, 0) is 24.1 Å². The first-order chi connectivity index (χ1) is 12.1. The van der Waals surface area contributed by atoms with Gasteiger partial charge in [0.05, 0.1) is 11.7 Å². The fraction of sp³-hybridized carbons (Fsp3) is 0.450. The van der Waals surface area contributed by atoms with Crippen LogP contribution in [0.15, 0.2) is 35.1 Å². The Hall–Kier alpha value is -2.43. The Morgan fingerprint density at radius 3 is 2.88 bits per heavy atom. The van der Waals surface area contributed by atoms with Crippen molar-refractivity contribution in [1.29, 1.82) is 0 Å². The molecule has 2 aliphatic rings. The molecule has 0 fully saturated rings. The summed E-state index contributed by atoms with van der Waals surface area (Å²) in [5.41, 5.74) is 4.31. The van der Waals surface area contributed by atoms with Gasteiger partial charge >= 0.3 is 0 Å². The zero-order valence-corrected chi connectivity index (χ0v) is 14.5. The Balaban J connectivity index is 1.55. The molecule has 4 rings (SSSR count). The number of benzene rings is 1. The topological polar surface area (TPSA) is 64.0 Å². The quantitative estimate of drug-likeness (QED) is 0.936. The molecule has 0 spiro atoms. The number of nitrogens with zero attached hydrogens (tertiary/aromatic N) is 2. The number of carbonyl (C=O) groups excluding carboxylic acids is 1. The molecule has 2 atom stereocenters. The van der Waals surface area contributed by atoms with Crippen LogP contribution in [-0.4, -0.2) is 15.7 Å². The Bertz CT molecular complexity index is 871. The Morgan fingerprint density at radius 2 is 2.00 bits per heavy atom. The molecular formula is C20H23N3O2. The second kappa shape index (κ2) is 6.47. The van der Waals surface area contributed by atoms with E-state index < -0.39 is 6.04 Å². The van der Waals surface area contributed by atoms with Gasteiger partial charge in [-0.05, 0) is 62.1 Å². The summed E-state index contributed by atoms with van der Waals surface area (Å²) in [4.78, 5) is 25.1. The van der Waals surface area contributed by atoms with Crippen LogP contribution in [0.4, 0.5) is 0 Å². The standard InChI is InChI=1S/C20H23N3O2/c1-13(23-19(24)12-15-8-5-10-17(15)22-23)20(25)21-18-11-4-7-14-6-2-3-9-16(14)18/h2-3,6,9,12-13,18H,4-5,7-8,10-11H2,1H3,(H,21,25)/t13-,18+/m1/s1. The van der Waals surface area contributed by atoms with Crippen molar-refractivity contribution in [1.82, 2.24) is 15.1 Å². The highest BCUT2D eigenvalue weighted by atomic mass is 16.2. The number of aryl methyl sites for hydroxylation is 3. The molecule has 1 aromatic heterocycles. The van der Waals surface area contributed by atoms with Crippen molar-refractivity contribution in [2.45, 2.75) is 57.5 Å². The summed E-state index contributed by atoms with van der Waals surface area (Å²) in [6.07, 6.45) is 5.89. The molecule has 1 amide bonds. The highest BCUT2D eigenvalue weighted by Crippen LogP contribution is 2.29. The predicted octanol–water partition coefficient (Wildman–Crippen LogP) is 2.49. The number of carbonyl (C=O) groups is 1. The van der Waals surface area contributed by atoms with E-state index in [0.29, 0.717) is 0 Å². The van der Waals surface area contributed by atoms with E-state index >= 15 is 0 Å². The van der Waals surface area contributed by atoms with E-state index in [1.807, 2.05) is 12.1 Å². The molecule has 0 unspecified atom stereocenters. The Morgan fingerprint density at radius 1 is 1.20 bits per heavy atom. The lowest BCUT2D eigenvalue weighted by Crippen LogP contribution is -2.39. The summed E-state index contributed by atoms with van der Waals surface area (Å²) in [5.74, 6) is -0.144. The van der Waals surface area contributed by atoms with E-state index in [4.69, 9.17) is 0 Å². The Kier molecular flexibility index (Phi) is 4.15. The average Bonchev–Trinajstić information content (AvgIpc) is 3.08. The smallest absolute Gasteiger partial charge is 0.267 e. The number of rotatable bonds is 3. The van der Waals surface area contributed by atoms with Crippen molar-refractivity contribution in [2.75, 3.05) is 0 Å². The fourth-order valence-corrected chi connectivity index (χ4v) is 4.00. The number of amides is 1. The minimum atomic E-state index is -0.604. The highest BCUT2D eigenvalue weighted by molar-refractivity contribution is 5.80. The van der Waals surface area contributed by atoms with Gasteiger partial charge < -0.3 is 5.32 Å². The van der Waals surface area contributed by atoms with Gasteiger partial charge in [0, 0.05) is 6.07 Å². The van der Waals surface area contributed by atoms with E-state index in [-0.39, 0.29) is 17.5 Å². The molecule has 5 nitrogen and oxygen atoms in total. The van der Waals surface area contributed by atoms with Crippen molar-refractivity contribution >= 4 is 5.91 Å². The van der Waals surface area contributed by atoms with Gasteiger partial charge in [-0.3, -0.25) is 9.59 Å². The molecule has 130 valence electrons. The van der Waals surface area contributed by atoms with Crippen LogP contribution in [0, 0.1) is 0 Å². The van der Waals surface area contributed by atoms with Gasteiger partial charge in [-0.25, -0.2) is 4.68 Å². The van der Waals surface area contributed by atoms with E-state index in [1.165, 1.54) is 15.8 Å². The minimum absolute atomic E-state index is 0.0185. The molecule has 1 aromatic carbocycles. The maximum Gasteiger partial charge on any atom is 0.267 e. The van der Waals surface area contributed by atoms with E-state index in [1.54, 1.807) is 13.0 Å². The molecule has 2 aliphatic carbocycles. The van der Waals surface area contributed by atoms with Crippen LogP contribution in [0.1, 0.15) is 60.7 Å². The van der Waals surface area contributed by atoms with Crippen LogP contribution < -0.4 is 10.9 Å². The average molecular weight is 337 g/mol. The molecule has 0 bridgehead atoms. The van der Waals surface area contributed by atoms with Gasteiger partial charge in [0.1, 0.15) is 6.04 Å². The molecule has 0 saturated carbocycles. The third-order valence-corrected chi connectivity index (χ3v) is 5.41. The molecule has 0 radical (unpaired) electrons. The molecule has 0 saturated heterocycles. The summed E-state index contributed by atoms with van der Waals surface area (Å²) in [5, 5.41) is 7.58. The summed E-state index contributed by atoms with van der Waals surface area (Å²) in [7, 11) is 0. The van der Waals surface area contributed by atoms with Gasteiger partial charge in [0.2, 0.25) is 5.91 Å².